The second kappa shape index (κ2) is 7.77. The van der Waals surface area contributed by atoms with Crippen molar-refractivity contribution in [3.05, 3.63) is 58.5 Å². The molecule has 0 saturated heterocycles. The van der Waals surface area contributed by atoms with E-state index in [4.69, 9.17) is 4.74 Å². The summed E-state index contributed by atoms with van der Waals surface area (Å²) in [6.45, 7) is 0.599. The van der Waals surface area contributed by atoms with Crippen LogP contribution in [0.25, 0.3) is 10.6 Å². The molecule has 0 aliphatic rings. The fourth-order valence-electron chi connectivity index (χ4n) is 2.04. The number of amides is 1. The lowest BCUT2D eigenvalue weighted by Gasteiger charge is -2.05. The second-order valence-electron chi connectivity index (χ2n) is 5.01. The SMILES string of the molecule is COCCn1nc(C(=O)Nc2nnc(-c3ccccc3)s2)ccc1=O. The fraction of sp³-hybridized carbons (Fsp3) is 0.188. The van der Waals surface area contributed by atoms with E-state index in [2.05, 4.69) is 20.6 Å². The Labute approximate surface area is 147 Å². The van der Waals surface area contributed by atoms with Crippen LogP contribution < -0.4 is 10.9 Å². The van der Waals surface area contributed by atoms with E-state index in [1.165, 1.54) is 35.3 Å². The summed E-state index contributed by atoms with van der Waals surface area (Å²) >= 11 is 1.26. The quantitative estimate of drug-likeness (QED) is 0.720. The summed E-state index contributed by atoms with van der Waals surface area (Å²) < 4.78 is 6.11. The van der Waals surface area contributed by atoms with Gasteiger partial charge >= 0.3 is 0 Å². The molecular formula is C16H15N5O3S. The molecule has 1 N–H and O–H groups in total. The molecule has 2 aromatic heterocycles. The van der Waals surface area contributed by atoms with Gasteiger partial charge in [0, 0.05) is 18.7 Å². The van der Waals surface area contributed by atoms with Gasteiger partial charge < -0.3 is 4.74 Å². The van der Waals surface area contributed by atoms with Gasteiger partial charge in [0.05, 0.1) is 13.2 Å². The zero-order chi connectivity index (χ0) is 17.6. The number of hydrogen-bond donors (Lipinski definition) is 1. The molecule has 0 spiro atoms. The molecule has 3 aromatic rings. The van der Waals surface area contributed by atoms with Crippen molar-refractivity contribution >= 4 is 22.4 Å². The van der Waals surface area contributed by atoms with Gasteiger partial charge in [0.2, 0.25) is 5.13 Å². The molecule has 0 bridgehead atoms. The Kier molecular flexibility index (Phi) is 5.26. The molecule has 3 rings (SSSR count). The second-order valence-corrected chi connectivity index (χ2v) is 5.98. The molecule has 0 unspecified atom stereocenters. The van der Waals surface area contributed by atoms with E-state index in [1.54, 1.807) is 0 Å². The van der Waals surface area contributed by atoms with Gasteiger partial charge in [-0.15, -0.1) is 10.2 Å². The van der Waals surface area contributed by atoms with Crippen molar-refractivity contribution in [1.29, 1.82) is 0 Å². The van der Waals surface area contributed by atoms with Crippen molar-refractivity contribution in [3.8, 4) is 10.6 Å². The van der Waals surface area contributed by atoms with Crippen molar-refractivity contribution in [2.45, 2.75) is 6.54 Å². The number of ether oxygens (including phenoxy) is 1. The molecule has 25 heavy (non-hydrogen) atoms. The third-order valence-corrected chi connectivity index (χ3v) is 4.16. The molecule has 1 aromatic carbocycles. The van der Waals surface area contributed by atoms with E-state index < -0.39 is 5.91 Å². The van der Waals surface area contributed by atoms with Crippen molar-refractivity contribution in [1.82, 2.24) is 20.0 Å². The van der Waals surface area contributed by atoms with Gasteiger partial charge in [-0.2, -0.15) is 5.10 Å². The normalized spacial score (nSPS) is 10.6. The minimum atomic E-state index is -0.457. The fourth-order valence-corrected chi connectivity index (χ4v) is 2.78. The van der Waals surface area contributed by atoms with E-state index in [0.717, 1.165) is 5.56 Å². The maximum Gasteiger partial charge on any atom is 0.277 e. The van der Waals surface area contributed by atoms with Crippen LogP contribution in [0, 0.1) is 0 Å². The number of nitrogens with one attached hydrogen (secondary N) is 1. The van der Waals surface area contributed by atoms with E-state index >= 15 is 0 Å². The first-order chi connectivity index (χ1) is 12.2. The highest BCUT2D eigenvalue weighted by Crippen LogP contribution is 2.25. The Morgan fingerprint density at radius 1 is 1.20 bits per heavy atom. The number of methoxy groups -OCH3 is 1. The van der Waals surface area contributed by atoms with E-state index in [-0.39, 0.29) is 17.8 Å². The molecule has 1 amide bonds. The molecule has 0 aliphatic carbocycles. The first-order valence-electron chi connectivity index (χ1n) is 7.45. The average molecular weight is 357 g/mol. The van der Waals surface area contributed by atoms with Crippen LogP contribution in [-0.4, -0.2) is 39.6 Å². The topological polar surface area (TPSA) is 99.0 Å². The zero-order valence-electron chi connectivity index (χ0n) is 13.4. The molecule has 0 radical (unpaired) electrons. The van der Waals surface area contributed by atoms with Gasteiger partial charge in [0.15, 0.2) is 0 Å². The first-order valence-corrected chi connectivity index (χ1v) is 8.26. The number of carbonyl (C=O) groups excluding carboxylic acids is 1. The highest BCUT2D eigenvalue weighted by atomic mass is 32.1. The van der Waals surface area contributed by atoms with Crippen LogP contribution >= 0.6 is 11.3 Å². The largest absolute Gasteiger partial charge is 0.383 e. The molecule has 2 heterocycles. The predicted molar refractivity (Wildman–Crippen MR) is 93.7 cm³/mol. The third-order valence-electron chi connectivity index (χ3n) is 3.27. The van der Waals surface area contributed by atoms with Crippen molar-refractivity contribution in [2.24, 2.45) is 0 Å². The summed E-state index contributed by atoms with van der Waals surface area (Å²) in [5, 5.41) is 15.8. The smallest absolute Gasteiger partial charge is 0.277 e. The van der Waals surface area contributed by atoms with E-state index in [9.17, 15) is 9.59 Å². The Morgan fingerprint density at radius 3 is 2.76 bits per heavy atom. The summed E-state index contributed by atoms with van der Waals surface area (Å²) in [6, 6.07) is 12.2. The van der Waals surface area contributed by atoms with Crippen LogP contribution in [0.5, 0.6) is 0 Å². The van der Waals surface area contributed by atoms with Crippen LogP contribution in [0.3, 0.4) is 0 Å². The molecular weight excluding hydrogens is 342 g/mol. The minimum Gasteiger partial charge on any atom is -0.383 e. The van der Waals surface area contributed by atoms with Gasteiger partial charge in [-0.25, -0.2) is 4.68 Å². The van der Waals surface area contributed by atoms with Crippen molar-refractivity contribution in [3.63, 3.8) is 0 Å². The number of nitrogens with zero attached hydrogens (tertiary/aromatic N) is 4. The monoisotopic (exact) mass is 357 g/mol. The molecule has 0 atom stereocenters. The summed E-state index contributed by atoms with van der Waals surface area (Å²) in [5.74, 6) is -0.457. The first kappa shape index (κ1) is 16.9. The number of aromatic nitrogens is 4. The molecule has 0 saturated carbocycles. The van der Waals surface area contributed by atoms with Crippen LogP contribution in [0.2, 0.25) is 0 Å². The summed E-state index contributed by atoms with van der Waals surface area (Å²) in [5.41, 5.74) is 0.745. The standard InChI is InChI=1S/C16H15N5O3S/c1-24-10-9-21-13(22)8-7-12(20-21)14(23)17-16-19-18-15(25-16)11-5-3-2-4-6-11/h2-8H,9-10H2,1H3,(H,17,19,23). The molecule has 0 fully saturated rings. The number of rotatable bonds is 6. The maximum atomic E-state index is 12.3. The van der Waals surface area contributed by atoms with Crippen LogP contribution in [0.1, 0.15) is 10.5 Å². The lowest BCUT2D eigenvalue weighted by molar-refractivity contribution is 0.101. The van der Waals surface area contributed by atoms with Gasteiger partial charge in [-0.3, -0.25) is 14.9 Å². The Bertz CT molecular complexity index is 923. The summed E-state index contributed by atoms with van der Waals surface area (Å²) in [7, 11) is 1.53. The number of carbonyl (C=O) groups is 1. The van der Waals surface area contributed by atoms with Crippen LogP contribution in [-0.2, 0) is 11.3 Å². The van der Waals surface area contributed by atoms with Gasteiger partial charge in [-0.1, -0.05) is 41.7 Å². The Morgan fingerprint density at radius 2 is 2.00 bits per heavy atom. The van der Waals surface area contributed by atoms with Gasteiger partial charge in [0.1, 0.15) is 10.7 Å². The van der Waals surface area contributed by atoms with Gasteiger partial charge in [0.25, 0.3) is 11.5 Å². The van der Waals surface area contributed by atoms with E-state index in [1.807, 2.05) is 30.3 Å². The highest BCUT2D eigenvalue weighted by Gasteiger charge is 2.13. The Hall–Kier alpha value is -2.91. The van der Waals surface area contributed by atoms with Crippen LogP contribution in [0.4, 0.5) is 5.13 Å². The molecule has 8 nitrogen and oxygen atoms in total. The molecule has 128 valence electrons. The zero-order valence-corrected chi connectivity index (χ0v) is 14.2. The predicted octanol–water partition coefficient (Wildman–Crippen LogP) is 1.66. The van der Waals surface area contributed by atoms with Crippen molar-refractivity contribution < 1.29 is 9.53 Å². The lowest BCUT2D eigenvalue weighted by Crippen LogP contribution is -2.27. The maximum absolute atomic E-state index is 12.3. The lowest BCUT2D eigenvalue weighted by atomic mass is 10.2. The Balaban J connectivity index is 1.74. The number of anilines is 1. The van der Waals surface area contributed by atoms with Crippen molar-refractivity contribution in [2.75, 3.05) is 19.0 Å². The summed E-state index contributed by atoms with van der Waals surface area (Å²) in [4.78, 5) is 24.0. The van der Waals surface area contributed by atoms with E-state index in [0.29, 0.717) is 16.7 Å². The van der Waals surface area contributed by atoms with Crippen LogP contribution in [0.15, 0.2) is 47.3 Å². The summed E-state index contributed by atoms with van der Waals surface area (Å²) in [6.07, 6.45) is 0. The van der Waals surface area contributed by atoms with Gasteiger partial charge in [-0.05, 0) is 6.07 Å². The third kappa shape index (κ3) is 4.14. The molecule has 9 heteroatoms. The minimum absolute atomic E-state index is 0.118. The number of benzene rings is 1. The average Bonchev–Trinajstić information content (AvgIpc) is 3.10. The molecule has 0 aliphatic heterocycles. The highest BCUT2D eigenvalue weighted by molar-refractivity contribution is 7.18. The number of hydrogen-bond acceptors (Lipinski definition) is 7.